The van der Waals surface area contributed by atoms with E-state index in [1.807, 2.05) is 0 Å². The fraction of sp³-hybridized carbons (Fsp3) is 1.00. The maximum Gasteiger partial charge on any atom is 0.0304 e. The van der Waals surface area contributed by atoms with Gasteiger partial charge in [0.1, 0.15) is 0 Å². The summed E-state index contributed by atoms with van der Waals surface area (Å²) < 4.78 is 0. The van der Waals surface area contributed by atoms with E-state index in [4.69, 9.17) is 0 Å². The Balaban J connectivity index is 2.09. The predicted molar refractivity (Wildman–Crippen MR) is 88.1 cm³/mol. The molecule has 1 unspecified atom stereocenters. The molecule has 1 heterocycles. The molecule has 0 spiro atoms. The summed E-state index contributed by atoms with van der Waals surface area (Å²) in [6.07, 6.45) is 11.1. The van der Waals surface area contributed by atoms with Crippen molar-refractivity contribution in [2.24, 2.45) is 5.92 Å². The van der Waals surface area contributed by atoms with Crippen LogP contribution in [0.2, 0.25) is 0 Å². The van der Waals surface area contributed by atoms with Crippen molar-refractivity contribution in [1.82, 2.24) is 10.2 Å². The van der Waals surface area contributed by atoms with E-state index in [9.17, 15) is 0 Å². The molecule has 1 aliphatic carbocycles. The second-order valence-corrected chi connectivity index (χ2v) is 7.62. The second-order valence-electron chi connectivity index (χ2n) is 7.62. The van der Waals surface area contributed by atoms with Gasteiger partial charge in [0.2, 0.25) is 0 Å². The Kier molecular flexibility index (Phi) is 5.92. The fourth-order valence-electron chi connectivity index (χ4n) is 4.31. The van der Waals surface area contributed by atoms with Crippen molar-refractivity contribution in [3.8, 4) is 0 Å². The minimum Gasteiger partial charge on any atom is -0.308 e. The van der Waals surface area contributed by atoms with E-state index < -0.39 is 0 Å². The summed E-state index contributed by atoms with van der Waals surface area (Å²) in [5.74, 6) is 0.809. The van der Waals surface area contributed by atoms with Crippen molar-refractivity contribution < 1.29 is 0 Å². The summed E-state index contributed by atoms with van der Waals surface area (Å²) in [5.41, 5.74) is 0.380. The van der Waals surface area contributed by atoms with E-state index in [2.05, 4.69) is 37.9 Å². The third-order valence-electron chi connectivity index (χ3n) is 5.81. The van der Waals surface area contributed by atoms with Gasteiger partial charge in [0, 0.05) is 30.7 Å². The lowest BCUT2D eigenvalue weighted by molar-refractivity contribution is 0.0150. The van der Waals surface area contributed by atoms with Crippen molar-refractivity contribution in [3.63, 3.8) is 0 Å². The lowest BCUT2D eigenvalue weighted by Gasteiger charge is -2.51. The molecule has 0 aromatic carbocycles. The Hall–Kier alpha value is -0.0800. The first-order valence-corrected chi connectivity index (χ1v) is 9.11. The van der Waals surface area contributed by atoms with E-state index in [0.717, 1.165) is 18.0 Å². The van der Waals surface area contributed by atoms with Gasteiger partial charge in [-0.1, -0.05) is 47.0 Å². The van der Waals surface area contributed by atoms with Crippen molar-refractivity contribution in [2.45, 2.75) is 96.7 Å². The van der Waals surface area contributed by atoms with Crippen LogP contribution in [-0.2, 0) is 0 Å². The standard InChI is InChI=1S/C18H36N2/c1-5-18(6-2)14-20(16-10-8-7-9-11-16)17(13-19-18)12-15(3)4/h15-17,19H,5-14H2,1-4H3. The minimum absolute atomic E-state index is 0.380. The fourth-order valence-corrected chi connectivity index (χ4v) is 4.31. The Morgan fingerprint density at radius 1 is 1.10 bits per heavy atom. The smallest absolute Gasteiger partial charge is 0.0304 e. The van der Waals surface area contributed by atoms with Gasteiger partial charge in [0.05, 0.1) is 0 Å². The molecule has 0 bridgehead atoms. The molecule has 2 heteroatoms. The highest BCUT2D eigenvalue weighted by Crippen LogP contribution is 2.32. The molecule has 0 aromatic heterocycles. The first-order chi connectivity index (χ1) is 9.60. The zero-order chi connectivity index (χ0) is 14.6. The SMILES string of the molecule is CCC1(CC)CN(C2CCCCC2)C(CC(C)C)CN1. The molecule has 0 aromatic rings. The molecule has 1 saturated carbocycles. The summed E-state index contributed by atoms with van der Waals surface area (Å²) in [4.78, 5) is 2.92. The van der Waals surface area contributed by atoms with E-state index in [0.29, 0.717) is 5.54 Å². The van der Waals surface area contributed by atoms with Crippen molar-refractivity contribution in [1.29, 1.82) is 0 Å². The van der Waals surface area contributed by atoms with Gasteiger partial charge < -0.3 is 5.32 Å². The van der Waals surface area contributed by atoms with E-state index in [1.165, 1.54) is 64.5 Å². The van der Waals surface area contributed by atoms with Crippen LogP contribution in [-0.4, -0.2) is 35.6 Å². The van der Waals surface area contributed by atoms with Gasteiger partial charge in [-0.25, -0.2) is 0 Å². The summed E-state index contributed by atoms with van der Waals surface area (Å²) in [6.45, 7) is 12.0. The quantitative estimate of drug-likeness (QED) is 0.812. The predicted octanol–water partition coefficient (Wildman–Crippen LogP) is 4.20. The molecule has 1 saturated heterocycles. The van der Waals surface area contributed by atoms with E-state index in [1.54, 1.807) is 0 Å². The Bertz CT molecular complexity index is 277. The molecule has 0 radical (unpaired) electrons. The number of hydrogen-bond acceptors (Lipinski definition) is 2. The average Bonchev–Trinajstić information content (AvgIpc) is 2.48. The molecule has 1 atom stereocenters. The van der Waals surface area contributed by atoms with Crippen LogP contribution in [0.15, 0.2) is 0 Å². The van der Waals surface area contributed by atoms with Gasteiger partial charge in [-0.3, -0.25) is 4.90 Å². The minimum atomic E-state index is 0.380. The van der Waals surface area contributed by atoms with Crippen LogP contribution in [0.3, 0.4) is 0 Å². The molecule has 118 valence electrons. The van der Waals surface area contributed by atoms with Gasteiger partial charge in [-0.2, -0.15) is 0 Å². The van der Waals surface area contributed by atoms with Crippen molar-refractivity contribution in [3.05, 3.63) is 0 Å². The van der Waals surface area contributed by atoms with E-state index >= 15 is 0 Å². The third-order valence-corrected chi connectivity index (χ3v) is 5.81. The van der Waals surface area contributed by atoms with Gasteiger partial charge >= 0.3 is 0 Å². The summed E-state index contributed by atoms with van der Waals surface area (Å²) in [5, 5.41) is 3.91. The number of nitrogens with zero attached hydrogens (tertiary/aromatic N) is 1. The number of nitrogens with one attached hydrogen (secondary N) is 1. The van der Waals surface area contributed by atoms with E-state index in [-0.39, 0.29) is 0 Å². The highest BCUT2D eigenvalue weighted by molar-refractivity contribution is 4.99. The Morgan fingerprint density at radius 2 is 1.75 bits per heavy atom. The van der Waals surface area contributed by atoms with Gasteiger partial charge in [0.15, 0.2) is 0 Å². The lowest BCUT2D eigenvalue weighted by Crippen LogP contribution is -2.66. The normalized spacial score (nSPS) is 28.9. The number of rotatable bonds is 5. The lowest BCUT2D eigenvalue weighted by atomic mass is 9.83. The molecular formula is C18H36N2. The molecule has 1 aliphatic heterocycles. The highest BCUT2D eigenvalue weighted by atomic mass is 15.3. The second kappa shape index (κ2) is 7.26. The Morgan fingerprint density at radius 3 is 2.30 bits per heavy atom. The summed E-state index contributed by atoms with van der Waals surface area (Å²) in [7, 11) is 0. The molecule has 20 heavy (non-hydrogen) atoms. The van der Waals surface area contributed by atoms with Crippen molar-refractivity contribution >= 4 is 0 Å². The molecular weight excluding hydrogens is 244 g/mol. The molecule has 2 aliphatic rings. The van der Waals surface area contributed by atoms with Crippen molar-refractivity contribution in [2.75, 3.05) is 13.1 Å². The van der Waals surface area contributed by atoms with Gasteiger partial charge in [-0.05, 0) is 38.0 Å². The van der Waals surface area contributed by atoms with Gasteiger partial charge in [0.25, 0.3) is 0 Å². The molecule has 2 fully saturated rings. The largest absolute Gasteiger partial charge is 0.308 e. The topological polar surface area (TPSA) is 15.3 Å². The monoisotopic (exact) mass is 280 g/mol. The van der Waals surface area contributed by atoms with Gasteiger partial charge in [-0.15, -0.1) is 0 Å². The summed E-state index contributed by atoms with van der Waals surface area (Å²) >= 11 is 0. The first-order valence-electron chi connectivity index (χ1n) is 9.11. The van der Waals surface area contributed by atoms with Crippen LogP contribution in [0.4, 0.5) is 0 Å². The summed E-state index contributed by atoms with van der Waals surface area (Å²) in [6, 6.07) is 1.64. The van der Waals surface area contributed by atoms with Crippen LogP contribution in [0, 0.1) is 5.92 Å². The number of hydrogen-bond donors (Lipinski definition) is 1. The van der Waals surface area contributed by atoms with Crippen LogP contribution in [0.1, 0.15) is 79.1 Å². The zero-order valence-corrected chi connectivity index (χ0v) is 14.3. The maximum absolute atomic E-state index is 3.91. The Labute approximate surface area is 126 Å². The molecule has 0 amide bonds. The third kappa shape index (κ3) is 3.76. The highest BCUT2D eigenvalue weighted by Gasteiger charge is 2.39. The molecule has 2 nitrogen and oxygen atoms in total. The van der Waals surface area contributed by atoms with Crippen LogP contribution < -0.4 is 5.32 Å². The maximum atomic E-state index is 3.91. The molecule has 2 rings (SSSR count). The molecule has 1 N–H and O–H groups in total. The van der Waals surface area contributed by atoms with Crippen LogP contribution in [0.5, 0.6) is 0 Å². The average molecular weight is 280 g/mol. The number of piperazine rings is 1. The zero-order valence-electron chi connectivity index (χ0n) is 14.3. The van der Waals surface area contributed by atoms with Crippen LogP contribution >= 0.6 is 0 Å². The van der Waals surface area contributed by atoms with Crippen LogP contribution in [0.25, 0.3) is 0 Å². The first kappa shape index (κ1) is 16.3.